The molecule has 0 fully saturated rings. The molecule has 1 unspecified atom stereocenters. The van der Waals surface area contributed by atoms with Gasteiger partial charge in [-0.05, 0) is 12.3 Å². The summed E-state index contributed by atoms with van der Waals surface area (Å²) in [6.07, 6.45) is 2.92. The van der Waals surface area contributed by atoms with E-state index in [2.05, 4.69) is 34.9 Å². The maximum atomic E-state index is 4.71. The molecule has 0 radical (unpaired) electrons. The minimum atomic E-state index is 0.304. The molecule has 0 bridgehead atoms. The Morgan fingerprint density at radius 2 is 2.41 bits per heavy atom. The molecule has 17 heavy (non-hydrogen) atoms. The van der Waals surface area contributed by atoms with Crippen molar-refractivity contribution in [1.29, 1.82) is 0 Å². The predicted molar refractivity (Wildman–Crippen MR) is 69.7 cm³/mol. The monoisotopic (exact) mass is 248 g/mol. The van der Waals surface area contributed by atoms with Gasteiger partial charge >= 0.3 is 0 Å². The Kier molecular flexibility index (Phi) is 2.63. The summed E-state index contributed by atoms with van der Waals surface area (Å²) in [5, 5.41) is 11.3. The summed E-state index contributed by atoms with van der Waals surface area (Å²) in [4.78, 5) is 4.42. The van der Waals surface area contributed by atoms with Crippen LogP contribution in [0.3, 0.4) is 0 Å². The lowest BCUT2D eigenvalue weighted by Crippen LogP contribution is -2.24. The van der Waals surface area contributed by atoms with E-state index in [9.17, 15) is 0 Å². The molecule has 0 saturated carbocycles. The van der Waals surface area contributed by atoms with E-state index in [1.807, 2.05) is 11.6 Å². The topological polar surface area (TPSA) is 42.7 Å². The van der Waals surface area contributed by atoms with Crippen LogP contribution in [0.25, 0.3) is 0 Å². The van der Waals surface area contributed by atoms with Crippen molar-refractivity contribution in [3.8, 4) is 0 Å². The van der Waals surface area contributed by atoms with Crippen LogP contribution in [0, 0.1) is 0 Å². The first kappa shape index (κ1) is 10.8. The summed E-state index contributed by atoms with van der Waals surface area (Å²) in [5.74, 6) is 1.59. The molecule has 2 aromatic rings. The Morgan fingerprint density at radius 1 is 1.53 bits per heavy atom. The largest absolute Gasteiger partial charge is 0.370 e. The summed E-state index contributed by atoms with van der Waals surface area (Å²) >= 11 is 1.71. The lowest BCUT2D eigenvalue weighted by molar-refractivity contribution is 0.474. The highest BCUT2D eigenvalue weighted by Gasteiger charge is 2.25. The van der Waals surface area contributed by atoms with Gasteiger partial charge in [0.2, 0.25) is 0 Å². The molecule has 1 aliphatic heterocycles. The highest BCUT2D eigenvalue weighted by atomic mass is 32.1. The predicted octanol–water partition coefficient (Wildman–Crippen LogP) is 2.87. The summed E-state index contributed by atoms with van der Waals surface area (Å²) in [7, 11) is 0. The number of nitrogens with zero attached hydrogens (tertiary/aromatic N) is 3. The number of nitrogens with one attached hydrogen (secondary N) is 1. The van der Waals surface area contributed by atoms with E-state index in [0.29, 0.717) is 12.0 Å². The third kappa shape index (κ3) is 1.84. The Balaban J connectivity index is 2.02. The van der Waals surface area contributed by atoms with E-state index >= 15 is 0 Å². The Hall–Kier alpha value is -1.36. The molecule has 4 nitrogen and oxygen atoms in total. The lowest BCUT2D eigenvalue weighted by atomic mass is 10.1. The summed E-state index contributed by atoms with van der Waals surface area (Å²) in [5.41, 5.74) is 1.15. The number of hydrogen-bond acceptors (Lipinski definition) is 4. The first-order valence-electron chi connectivity index (χ1n) is 5.98. The summed E-state index contributed by atoms with van der Waals surface area (Å²) in [6, 6.07) is 2.46. The molecule has 3 heterocycles. The van der Waals surface area contributed by atoms with Crippen molar-refractivity contribution in [2.75, 3.05) is 11.9 Å². The third-order valence-corrected chi connectivity index (χ3v) is 3.98. The van der Waals surface area contributed by atoms with Gasteiger partial charge in [0.05, 0.1) is 5.69 Å². The Labute approximate surface area is 105 Å². The first-order valence-corrected chi connectivity index (χ1v) is 6.86. The lowest BCUT2D eigenvalue weighted by Gasteiger charge is -2.23. The van der Waals surface area contributed by atoms with Gasteiger partial charge < -0.3 is 5.32 Å². The van der Waals surface area contributed by atoms with Crippen LogP contribution in [0.5, 0.6) is 0 Å². The van der Waals surface area contributed by atoms with Crippen LogP contribution in [0.1, 0.15) is 42.9 Å². The average Bonchev–Trinajstić information content (AvgIpc) is 2.97. The highest BCUT2D eigenvalue weighted by Crippen LogP contribution is 2.32. The second-order valence-corrected chi connectivity index (χ2v) is 5.58. The SMILES string of the molecule is CC(C)c1cc2n(n1)C(c1nccs1)CCN2. The third-order valence-electron chi connectivity index (χ3n) is 3.10. The van der Waals surface area contributed by atoms with Crippen molar-refractivity contribution in [1.82, 2.24) is 14.8 Å². The van der Waals surface area contributed by atoms with Crippen LogP contribution in [0.2, 0.25) is 0 Å². The zero-order valence-corrected chi connectivity index (χ0v) is 10.9. The molecule has 2 aromatic heterocycles. The van der Waals surface area contributed by atoms with E-state index in [4.69, 9.17) is 5.10 Å². The molecule has 3 rings (SSSR count). The molecule has 1 aliphatic rings. The minimum Gasteiger partial charge on any atom is -0.370 e. The average molecular weight is 248 g/mol. The fourth-order valence-corrected chi connectivity index (χ4v) is 2.91. The van der Waals surface area contributed by atoms with Gasteiger partial charge in [-0.15, -0.1) is 11.3 Å². The van der Waals surface area contributed by atoms with Gasteiger partial charge in [0.25, 0.3) is 0 Å². The molecule has 0 aliphatic carbocycles. The smallest absolute Gasteiger partial charge is 0.125 e. The van der Waals surface area contributed by atoms with Crippen LogP contribution in [-0.2, 0) is 0 Å². The standard InChI is InChI=1S/C12H16N4S/c1-8(2)9-7-11-13-4-3-10(16(11)15-9)12-14-5-6-17-12/h5-8,10,13H,3-4H2,1-2H3. The molecule has 0 aromatic carbocycles. The maximum Gasteiger partial charge on any atom is 0.125 e. The zero-order chi connectivity index (χ0) is 11.8. The fraction of sp³-hybridized carbons (Fsp3) is 0.500. The van der Waals surface area contributed by atoms with Crippen molar-refractivity contribution in [3.63, 3.8) is 0 Å². The molecule has 90 valence electrons. The van der Waals surface area contributed by atoms with Crippen molar-refractivity contribution < 1.29 is 0 Å². The molecular formula is C12H16N4S. The molecule has 0 amide bonds. The Morgan fingerprint density at radius 3 is 3.12 bits per heavy atom. The normalized spacial score (nSPS) is 19.1. The fourth-order valence-electron chi connectivity index (χ4n) is 2.15. The van der Waals surface area contributed by atoms with Crippen molar-refractivity contribution in [2.24, 2.45) is 0 Å². The summed E-state index contributed by atoms with van der Waals surface area (Å²) in [6.45, 7) is 5.34. The minimum absolute atomic E-state index is 0.304. The number of rotatable bonds is 2. The van der Waals surface area contributed by atoms with Crippen molar-refractivity contribution in [3.05, 3.63) is 28.3 Å². The van der Waals surface area contributed by atoms with Crippen LogP contribution in [0.15, 0.2) is 17.6 Å². The second-order valence-electron chi connectivity index (χ2n) is 4.66. The van der Waals surface area contributed by atoms with Gasteiger partial charge in [0.1, 0.15) is 16.9 Å². The van der Waals surface area contributed by atoms with Gasteiger partial charge in [-0.1, -0.05) is 13.8 Å². The number of aromatic nitrogens is 3. The molecular weight excluding hydrogens is 232 g/mol. The van der Waals surface area contributed by atoms with E-state index in [1.165, 1.54) is 0 Å². The van der Waals surface area contributed by atoms with Crippen LogP contribution >= 0.6 is 11.3 Å². The van der Waals surface area contributed by atoms with Gasteiger partial charge in [-0.2, -0.15) is 5.10 Å². The zero-order valence-electron chi connectivity index (χ0n) is 10.1. The van der Waals surface area contributed by atoms with Crippen LogP contribution in [0.4, 0.5) is 5.82 Å². The molecule has 1 atom stereocenters. The van der Waals surface area contributed by atoms with E-state index in [-0.39, 0.29) is 0 Å². The quantitative estimate of drug-likeness (QED) is 0.888. The van der Waals surface area contributed by atoms with Crippen molar-refractivity contribution >= 4 is 17.2 Å². The van der Waals surface area contributed by atoms with Crippen molar-refractivity contribution in [2.45, 2.75) is 32.2 Å². The maximum absolute atomic E-state index is 4.71. The van der Waals surface area contributed by atoms with E-state index in [0.717, 1.165) is 29.5 Å². The number of hydrogen-bond donors (Lipinski definition) is 1. The Bertz CT molecular complexity index is 501. The highest BCUT2D eigenvalue weighted by molar-refractivity contribution is 7.09. The van der Waals surface area contributed by atoms with Gasteiger partial charge in [-0.3, -0.25) is 0 Å². The van der Waals surface area contributed by atoms with Crippen LogP contribution < -0.4 is 5.32 Å². The molecule has 0 saturated heterocycles. The van der Waals surface area contributed by atoms with Gasteiger partial charge in [-0.25, -0.2) is 9.67 Å². The molecule has 5 heteroatoms. The van der Waals surface area contributed by atoms with Gasteiger partial charge in [0, 0.05) is 24.2 Å². The number of thiazole rings is 1. The number of anilines is 1. The first-order chi connectivity index (χ1) is 8.25. The summed E-state index contributed by atoms with van der Waals surface area (Å²) < 4.78 is 2.09. The van der Waals surface area contributed by atoms with Gasteiger partial charge in [0.15, 0.2) is 0 Å². The van der Waals surface area contributed by atoms with Crippen LogP contribution in [-0.4, -0.2) is 21.3 Å². The number of fused-ring (bicyclic) bond motifs is 1. The van der Waals surface area contributed by atoms with E-state index < -0.39 is 0 Å². The second kappa shape index (κ2) is 4.14. The van der Waals surface area contributed by atoms with E-state index in [1.54, 1.807) is 11.3 Å². The molecule has 0 spiro atoms. The molecule has 1 N–H and O–H groups in total.